The summed E-state index contributed by atoms with van der Waals surface area (Å²) in [5.41, 5.74) is 6.46. The molecule has 0 aliphatic carbocycles. The average molecular weight is 182 g/mol. The van der Waals surface area contributed by atoms with Crippen molar-refractivity contribution in [3.63, 3.8) is 0 Å². The summed E-state index contributed by atoms with van der Waals surface area (Å²) in [6, 6.07) is 1.36. The maximum Gasteiger partial charge on any atom is 0.142 e. The van der Waals surface area contributed by atoms with Crippen LogP contribution >= 0.6 is 0 Å². The molecule has 1 heterocycles. The van der Waals surface area contributed by atoms with Crippen molar-refractivity contribution in [1.29, 1.82) is 0 Å². The Morgan fingerprint density at radius 1 is 1.69 bits per heavy atom. The SMILES string of the molecule is CCOc1cnccc1C(N)CO. The molecule has 4 heteroatoms. The highest BCUT2D eigenvalue weighted by Crippen LogP contribution is 2.21. The van der Waals surface area contributed by atoms with E-state index in [1.165, 1.54) is 0 Å². The van der Waals surface area contributed by atoms with Gasteiger partial charge in [-0.3, -0.25) is 4.98 Å². The first-order valence-electron chi connectivity index (χ1n) is 4.22. The van der Waals surface area contributed by atoms with Crippen molar-refractivity contribution in [2.75, 3.05) is 13.2 Å². The van der Waals surface area contributed by atoms with E-state index in [1.54, 1.807) is 18.5 Å². The van der Waals surface area contributed by atoms with E-state index in [1.807, 2.05) is 6.92 Å². The number of ether oxygens (including phenoxy) is 1. The topological polar surface area (TPSA) is 68.4 Å². The maximum atomic E-state index is 8.88. The fourth-order valence-corrected chi connectivity index (χ4v) is 1.07. The summed E-state index contributed by atoms with van der Waals surface area (Å²) in [4.78, 5) is 3.92. The predicted molar refractivity (Wildman–Crippen MR) is 49.4 cm³/mol. The van der Waals surface area contributed by atoms with E-state index in [4.69, 9.17) is 15.6 Å². The molecule has 0 radical (unpaired) electrons. The van der Waals surface area contributed by atoms with E-state index in [9.17, 15) is 0 Å². The Morgan fingerprint density at radius 3 is 3.08 bits per heavy atom. The first-order chi connectivity index (χ1) is 6.29. The highest BCUT2D eigenvalue weighted by Gasteiger charge is 2.10. The summed E-state index contributed by atoms with van der Waals surface area (Å²) in [6.07, 6.45) is 3.24. The molecule has 3 N–H and O–H groups in total. The summed E-state index contributed by atoms with van der Waals surface area (Å²) in [7, 11) is 0. The lowest BCUT2D eigenvalue weighted by Gasteiger charge is -2.13. The highest BCUT2D eigenvalue weighted by molar-refractivity contribution is 5.32. The first-order valence-corrected chi connectivity index (χ1v) is 4.22. The van der Waals surface area contributed by atoms with Crippen LogP contribution in [0, 0.1) is 0 Å². The largest absolute Gasteiger partial charge is 0.492 e. The quantitative estimate of drug-likeness (QED) is 0.710. The molecule has 0 saturated carbocycles. The van der Waals surface area contributed by atoms with Gasteiger partial charge in [0.25, 0.3) is 0 Å². The van der Waals surface area contributed by atoms with Crippen LogP contribution in [0.5, 0.6) is 5.75 Å². The van der Waals surface area contributed by atoms with Gasteiger partial charge >= 0.3 is 0 Å². The summed E-state index contributed by atoms with van der Waals surface area (Å²) >= 11 is 0. The van der Waals surface area contributed by atoms with Crippen molar-refractivity contribution < 1.29 is 9.84 Å². The van der Waals surface area contributed by atoms with E-state index >= 15 is 0 Å². The number of rotatable bonds is 4. The van der Waals surface area contributed by atoms with Crippen LogP contribution in [0.15, 0.2) is 18.5 Å². The molecule has 4 nitrogen and oxygen atoms in total. The summed E-state index contributed by atoms with van der Waals surface area (Å²) in [5, 5.41) is 8.88. The number of aromatic nitrogens is 1. The molecule has 0 aromatic carbocycles. The molecular formula is C9H14N2O2. The third-order valence-electron chi connectivity index (χ3n) is 1.71. The van der Waals surface area contributed by atoms with Gasteiger partial charge in [-0.05, 0) is 13.0 Å². The number of hydrogen-bond acceptors (Lipinski definition) is 4. The zero-order valence-electron chi connectivity index (χ0n) is 7.60. The van der Waals surface area contributed by atoms with Crippen molar-refractivity contribution in [3.8, 4) is 5.75 Å². The number of nitrogens with zero attached hydrogens (tertiary/aromatic N) is 1. The Hall–Kier alpha value is -1.13. The number of pyridine rings is 1. The normalized spacial score (nSPS) is 12.5. The molecule has 0 spiro atoms. The smallest absolute Gasteiger partial charge is 0.142 e. The van der Waals surface area contributed by atoms with Crippen molar-refractivity contribution in [1.82, 2.24) is 4.98 Å². The molecule has 1 aromatic rings. The predicted octanol–water partition coefficient (Wildman–Crippen LogP) is 0.472. The van der Waals surface area contributed by atoms with Gasteiger partial charge in [-0.1, -0.05) is 0 Å². The van der Waals surface area contributed by atoms with E-state index in [2.05, 4.69) is 4.98 Å². The zero-order valence-corrected chi connectivity index (χ0v) is 7.60. The van der Waals surface area contributed by atoms with Gasteiger partial charge < -0.3 is 15.6 Å². The lowest BCUT2D eigenvalue weighted by atomic mass is 10.1. The van der Waals surface area contributed by atoms with Crippen LogP contribution < -0.4 is 10.5 Å². The van der Waals surface area contributed by atoms with Crippen LogP contribution in [0.25, 0.3) is 0 Å². The van der Waals surface area contributed by atoms with E-state index in [0.29, 0.717) is 12.4 Å². The Bertz CT molecular complexity index is 266. The lowest BCUT2D eigenvalue weighted by Crippen LogP contribution is -2.15. The minimum absolute atomic E-state index is 0.0932. The Balaban J connectivity index is 2.90. The second-order valence-corrected chi connectivity index (χ2v) is 2.64. The summed E-state index contributed by atoms with van der Waals surface area (Å²) in [5.74, 6) is 0.645. The van der Waals surface area contributed by atoms with Gasteiger partial charge in [-0.2, -0.15) is 0 Å². The van der Waals surface area contributed by atoms with Crippen LogP contribution in [0.3, 0.4) is 0 Å². The second-order valence-electron chi connectivity index (χ2n) is 2.64. The molecule has 72 valence electrons. The van der Waals surface area contributed by atoms with Crippen molar-refractivity contribution in [2.24, 2.45) is 5.73 Å². The van der Waals surface area contributed by atoms with Crippen LogP contribution in [-0.2, 0) is 0 Å². The Kier molecular flexibility index (Phi) is 3.67. The molecule has 0 amide bonds. The molecule has 0 aliphatic rings. The van der Waals surface area contributed by atoms with E-state index in [0.717, 1.165) is 5.56 Å². The van der Waals surface area contributed by atoms with Gasteiger partial charge in [0, 0.05) is 11.8 Å². The Labute approximate surface area is 77.4 Å². The van der Waals surface area contributed by atoms with Crippen LogP contribution in [-0.4, -0.2) is 23.3 Å². The molecule has 0 fully saturated rings. The second kappa shape index (κ2) is 4.79. The minimum atomic E-state index is -0.399. The highest BCUT2D eigenvalue weighted by atomic mass is 16.5. The summed E-state index contributed by atoms with van der Waals surface area (Å²) in [6.45, 7) is 2.36. The van der Waals surface area contributed by atoms with E-state index in [-0.39, 0.29) is 6.61 Å². The Morgan fingerprint density at radius 2 is 2.46 bits per heavy atom. The van der Waals surface area contributed by atoms with Gasteiger partial charge in [0.1, 0.15) is 5.75 Å². The molecule has 1 unspecified atom stereocenters. The number of aliphatic hydroxyl groups excluding tert-OH is 1. The van der Waals surface area contributed by atoms with Gasteiger partial charge in [-0.15, -0.1) is 0 Å². The van der Waals surface area contributed by atoms with Gasteiger partial charge in [0.2, 0.25) is 0 Å². The molecule has 0 aliphatic heterocycles. The third-order valence-corrected chi connectivity index (χ3v) is 1.71. The molecule has 1 aromatic heterocycles. The fraction of sp³-hybridized carbons (Fsp3) is 0.444. The third kappa shape index (κ3) is 2.40. The van der Waals surface area contributed by atoms with Crippen molar-refractivity contribution in [3.05, 3.63) is 24.0 Å². The van der Waals surface area contributed by atoms with Crippen LogP contribution in [0.2, 0.25) is 0 Å². The zero-order chi connectivity index (χ0) is 9.68. The van der Waals surface area contributed by atoms with Gasteiger partial charge in [0.15, 0.2) is 0 Å². The molecule has 1 atom stereocenters. The monoisotopic (exact) mass is 182 g/mol. The standard InChI is InChI=1S/C9H14N2O2/c1-2-13-9-5-11-4-3-7(9)8(10)6-12/h3-5,8,12H,2,6,10H2,1H3. The number of nitrogens with two attached hydrogens (primary N) is 1. The molecule has 1 rings (SSSR count). The summed E-state index contributed by atoms with van der Waals surface area (Å²) < 4.78 is 5.31. The van der Waals surface area contributed by atoms with Gasteiger partial charge in [0.05, 0.1) is 25.5 Å². The van der Waals surface area contributed by atoms with Crippen LogP contribution in [0.1, 0.15) is 18.5 Å². The number of aliphatic hydroxyl groups is 1. The number of hydrogen-bond donors (Lipinski definition) is 2. The van der Waals surface area contributed by atoms with Gasteiger partial charge in [-0.25, -0.2) is 0 Å². The molecular weight excluding hydrogens is 168 g/mol. The average Bonchev–Trinajstić information content (AvgIpc) is 2.18. The first kappa shape index (κ1) is 9.95. The van der Waals surface area contributed by atoms with Crippen LogP contribution in [0.4, 0.5) is 0 Å². The van der Waals surface area contributed by atoms with E-state index < -0.39 is 6.04 Å². The minimum Gasteiger partial charge on any atom is -0.492 e. The van der Waals surface area contributed by atoms with Crippen molar-refractivity contribution >= 4 is 0 Å². The fourth-order valence-electron chi connectivity index (χ4n) is 1.07. The molecule has 0 saturated heterocycles. The van der Waals surface area contributed by atoms with Crippen molar-refractivity contribution in [2.45, 2.75) is 13.0 Å². The molecule has 13 heavy (non-hydrogen) atoms. The molecule has 0 bridgehead atoms. The lowest BCUT2D eigenvalue weighted by molar-refractivity contribution is 0.261. The maximum absolute atomic E-state index is 8.88.